The number of aromatic nitrogens is 2. The molecule has 2 aromatic heterocycles. The molecule has 0 aliphatic carbocycles. The molecule has 4 heterocycles. The van der Waals surface area contributed by atoms with Crippen LogP contribution in [0, 0.1) is 11.3 Å². The van der Waals surface area contributed by atoms with Gasteiger partial charge in [0, 0.05) is 67.4 Å². The van der Waals surface area contributed by atoms with Crippen LogP contribution in [0.2, 0.25) is 0 Å². The Labute approximate surface area is 217 Å². The fourth-order valence-electron chi connectivity index (χ4n) is 5.19. The van der Waals surface area contributed by atoms with Gasteiger partial charge in [-0.25, -0.2) is 4.98 Å². The molecule has 2 fully saturated rings. The van der Waals surface area contributed by atoms with Crippen LogP contribution in [0.25, 0.3) is 33.3 Å². The first kappa shape index (κ1) is 23.5. The van der Waals surface area contributed by atoms with E-state index in [1.807, 2.05) is 30.5 Å². The quantitative estimate of drug-likeness (QED) is 0.418. The summed E-state index contributed by atoms with van der Waals surface area (Å²) in [5.74, 6) is 1.67. The monoisotopic (exact) mass is 493 g/mol. The Morgan fingerprint density at radius 1 is 1.00 bits per heavy atom. The summed E-state index contributed by atoms with van der Waals surface area (Å²) in [5.41, 5.74) is 5.77. The molecule has 2 aromatic carbocycles. The number of rotatable bonds is 5. The Kier molecular flexibility index (Phi) is 6.52. The highest BCUT2D eigenvalue weighted by Crippen LogP contribution is 2.35. The average molecular weight is 494 g/mol. The van der Waals surface area contributed by atoms with E-state index in [2.05, 4.69) is 58.2 Å². The Bertz CT molecular complexity index is 1420. The van der Waals surface area contributed by atoms with Crippen molar-refractivity contribution in [1.82, 2.24) is 14.9 Å². The Morgan fingerprint density at radius 2 is 1.81 bits per heavy atom. The van der Waals surface area contributed by atoms with Crippen LogP contribution in [-0.4, -0.2) is 67.4 Å². The van der Waals surface area contributed by atoms with Crippen LogP contribution < -0.4 is 9.64 Å². The molecule has 0 saturated carbocycles. The van der Waals surface area contributed by atoms with Crippen molar-refractivity contribution < 1.29 is 9.47 Å². The van der Waals surface area contributed by atoms with Crippen LogP contribution in [-0.2, 0) is 4.74 Å². The fourth-order valence-corrected chi connectivity index (χ4v) is 5.19. The van der Waals surface area contributed by atoms with E-state index in [4.69, 9.17) is 14.5 Å². The predicted molar refractivity (Wildman–Crippen MR) is 146 cm³/mol. The number of nitrogens with one attached hydrogen (secondary N) is 1. The van der Waals surface area contributed by atoms with Gasteiger partial charge in [-0.2, -0.15) is 5.26 Å². The molecule has 37 heavy (non-hydrogen) atoms. The number of anilines is 1. The summed E-state index contributed by atoms with van der Waals surface area (Å²) in [5, 5.41) is 11.0. The first-order chi connectivity index (χ1) is 18.2. The van der Waals surface area contributed by atoms with E-state index in [-0.39, 0.29) is 6.10 Å². The van der Waals surface area contributed by atoms with Gasteiger partial charge in [-0.3, -0.25) is 0 Å². The van der Waals surface area contributed by atoms with Crippen molar-refractivity contribution in [1.29, 1.82) is 5.26 Å². The molecule has 4 aromatic rings. The number of hydrogen-bond acceptors (Lipinski definition) is 6. The molecule has 0 unspecified atom stereocenters. The molecule has 0 bridgehead atoms. The van der Waals surface area contributed by atoms with Crippen molar-refractivity contribution >= 4 is 16.7 Å². The van der Waals surface area contributed by atoms with Gasteiger partial charge in [0.2, 0.25) is 0 Å². The lowest BCUT2D eigenvalue weighted by atomic mass is 9.99. The van der Waals surface area contributed by atoms with Crippen LogP contribution >= 0.6 is 0 Å². The third kappa shape index (κ3) is 4.91. The molecule has 7 heteroatoms. The van der Waals surface area contributed by atoms with Gasteiger partial charge < -0.3 is 24.3 Å². The van der Waals surface area contributed by atoms with Crippen molar-refractivity contribution in [3.63, 3.8) is 0 Å². The molecule has 0 amide bonds. The summed E-state index contributed by atoms with van der Waals surface area (Å²) in [6.45, 7) is 5.53. The lowest BCUT2D eigenvalue weighted by Gasteiger charge is -2.33. The SMILES string of the molecule is CN1CCN(c2ccc(-c3cc4c(-c5ccc(OC6CCOCC6)c(C#N)c5)cccc4[nH]3)cn2)CC1. The van der Waals surface area contributed by atoms with Crippen LogP contribution in [0.15, 0.2) is 60.8 Å². The molecule has 2 saturated heterocycles. The van der Waals surface area contributed by atoms with E-state index in [1.165, 1.54) is 0 Å². The Balaban J connectivity index is 1.27. The molecule has 0 spiro atoms. The third-order valence-corrected chi connectivity index (χ3v) is 7.42. The van der Waals surface area contributed by atoms with E-state index in [1.54, 1.807) is 0 Å². The van der Waals surface area contributed by atoms with Gasteiger partial charge in [-0.1, -0.05) is 18.2 Å². The largest absolute Gasteiger partial charge is 0.489 e. The van der Waals surface area contributed by atoms with E-state index < -0.39 is 0 Å². The number of fused-ring (bicyclic) bond motifs is 1. The maximum Gasteiger partial charge on any atom is 0.137 e. The minimum Gasteiger partial charge on any atom is -0.489 e. The lowest BCUT2D eigenvalue weighted by Crippen LogP contribution is -2.44. The highest BCUT2D eigenvalue weighted by atomic mass is 16.5. The molecular formula is C30H31N5O2. The number of aromatic amines is 1. The van der Waals surface area contributed by atoms with E-state index in [0.29, 0.717) is 24.5 Å². The number of H-pyrrole nitrogens is 1. The number of pyridine rings is 1. The molecule has 7 nitrogen and oxygen atoms in total. The number of piperazine rings is 1. The third-order valence-electron chi connectivity index (χ3n) is 7.42. The molecule has 2 aliphatic rings. The van der Waals surface area contributed by atoms with Crippen LogP contribution in [0.1, 0.15) is 18.4 Å². The molecular weight excluding hydrogens is 462 g/mol. The van der Waals surface area contributed by atoms with Gasteiger partial charge in [0.05, 0.1) is 18.8 Å². The van der Waals surface area contributed by atoms with Gasteiger partial charge in [0.25, 0.3) is 0 Å². The highest BCUT2D eigenvalue weighted by Gasteiger charge is 2.19. The smallest absolute Gasteiger partial charge is 0.137 e. The van der Waals surface area contributed by atoms with Gasteiger partial charge >= 0.3 is 0 Å². The van der Waals surface area contributed by atoms with Crippen molar-refractivity contribution in [2.75, 3.05) is 51.3 Å². The van der Waals surface area contributed by atoms with E-state index in [9.17, 15) is 5.26 Å². The summed E-state index contributed by atoms with van der Waals surface area (Å²) in [6.07, 6.45) is 3.75. The van der Waals surface area contributed by atoms with Gasteiger partial charge in [0.1, 0.15) is 23.7 Å². The normalized spacial score (nSPS) is 17.1. The minimum absolute atomic E-state index is 0.0959. The standard InChI is InChI=1S/C30H31N5O2/c1-34-11-13-35(14-12-34)30-8-6-22(20-32-30)28-18-26-25(3-2-4-27(26)33-28)21-5-7-29(23(17-21)19-31)37-24-9-15-36-16-10-24/h2-8,17-18,20,24,33H,9-16H2,1H3. The molecule has 2 aliphatic heterocycles. The summed E-state index contributed by atoms with van der Waals surface area (Å²) in [6, 6.07) is 20.9. The number of likely N-dealkylation sites (N-methyl/N-ethyl adjacent to an activating group) is 1. The van der Waals surface area contributed by atoms with Crippen LogP contribution in [0.5, 0.6) is 5.75 Å². The molecule has 0 radical (unpaired) electrons. The first-order valence-corrected chi connectivity index (χ1v) is 13.0. The van der Waals surface area contributed by atoms with Crippen molar-refractivity contribution in [2.24, 2.45) is 0 Å². The molecule has 1 N–H and O–H groups in total. The van der Waals surface area contributed by atoms with Crippen molar-refractivity contribution in [3.05, 3.63) is 66.4 Å². The zero-order chi connectivity index (χ0) is 25.2. The van der Waals surface area contributed by atoms with Gasteiger partial charge in [-0.05, 0) is 54.6 Å². The van der Waals surface area contributed by atoms with Gasteiger partial charge in [0.15, 0.2) is 0 Å². The number of nitrogens with zero attached hydrogens (tertiary/aromatic N) is 4. The number of hydrogen-bond donors (Lipinski definition) is 1. The van der Waals surface area contributed by atoms with E-state index >= 15 is 0 Å². The lowest BCUT2D eigenvalue weighted by molar-refractivity contribution is 0.0254. The zero-order valence-corrected chi connectivity index (χ0v) is 21.1. The summed E-state index contributed by atoms with van der Waals surface area (Å²) in [7, 11) is 2.16. The Hall–Kier alpha value is -3.86. The first-order valence-electron chi connectivity index (χ1n) is 13.0. The van der Waals surface area contributed by atoms with Crippen LogP contribution in [0.3, 0.4) is 0 Å². The van der Waals surface area contributed by atoms with E-state index in [0.717, 1.165) is 78.1 Å². The predicted octanol–water partition coefficient (Wildman–Crippen LogP) is 5.08. The van der Waals surface area contributed by atoms with Crippen molar-refractivity contribution in [3.8, 4) is 34.2 Å². The molecule has 0 atom stereocenters. The average Bonchev–Trinajstić information content (AvgIpc) is 3.39. The number of nitriles is 1. The summed E-state index contributed by atoms with van der Waals surface area (Å²) in [4.78, 5) is 13.0. The topological polar surface area (TPSA) is 77.4 Å². The Morgan fingerprint density at radius 3 is 2.57 bits per heavy atom. The van der Waals surface area contributed by atoms with Crippen LogP contribution in [0.4, 0.5) is 5.82 Å². The van der Waals surface area contributed by atoms with Gasteiger partial charge in [-0.15, -0.1) is 0 Å². The molecule has 6 rings (SSSR count). The number of benzene rings is 2. The highest BCUT2D eigenvalue weighted by molar-refractivity contribution is 5.98. The maximum absolute atomic E-state index is 9.84. The van der Waals surface area contributed by atoms with Crippen molar-refractivity contribution in [2.45, 2.75) is 18.9 Å². The molecule has 188 valence electrons. The second kappa shape index (κ2) is 10.3. The second-order valence-corrected chi connectivity index (χ2v) is 9.90. The zero-order valence-electron chi connectivity index (χ0n) is 21.1. The minimum atomic E-state index is 0.0959. The summed E-state index contributed by atoms with van der Waals surface area (Å²) < 4.78 is 11.6. The number of ether oxygens (including phenoxy) is 2. The second-order valence-electron chi connectivity index (χ2n) is 9.90. The summed E-state index contributed by atoms with van der Waals surface area (Å²) >= 11 is 0. The fraction of sp³-hybridized carbons (Fsp3) is 0.333. The maximum atomic E-state index is 9.84.